The van der Waals surface area contributed by atoms with Crippen molar-refractivity contribution in [3.05, 3.63) is 30.1 Å². The molecule has 1 atom stereocenters. The summed E-state index contributed by atoms with van der Waals surface area (Å²) >= 11 is 0. The van der Waals surface area contributed by atoms with Gasteiger partial charge >= 0.3 is 0 Å². The number of aliphatic hydroxyl groups excluding tert-OH is 1. The van der Waals surface area contributed by atoms with Crippen LogP contribution in [0, 0.1) is 0 Å². The molecule has 2 rings (SSSR count). The van der Waals surface area contributed by atoms with Crippen LogP contribution in [0.25, 0.3) is 0 Å². The average molecular weight is 263 g/mol. The Labute approximate surface area is 116 Å². The second kappa shape index (κ2) is 6.98. The molecule has 19 heavy (non-hydrogen) atoms. The fourth-order valence-electron chi connectivity index (χ4n) is 2.91. The molecule has 4 heteroatoms. The summed E-state index contributed by atoms with van der Waals surface area (Å²) in [6.07, 6.45) is 4.57. The van der Waals surface area contributed by atoms with Gasteiger partial charge in [-0.15, -0.1) is 0 Å². The van der Waals surface area contributed by atoms with Crippen molar-refractivity contribution in [2.45, 2.75) is 38.9 Å². The van der Waals surface area contributed by atoms with Crippen molar-refractivity contribution in [2.24, 2.45) is 0 Å². The monoisotopic (exact) mass is 263 g/mol. The maximum Gasteiger partial charge on any atom is 0.0446 e. The zero-order valence-corrected chi connectivity index (χ0v) is 12.0. The molecule has 1 aromatic heterocycles. The summed E-state index contributed by atoms with van der Waals surface area (Å²) in [5.74, 6) is 0. The quantitative estimate of drug-likeness (QED) is 0.871. The molecule has 0 radical (unpaired) electrons. The third kappa shape index (κ3) is 4.00. The highest BCUT2D eigenvalue weighted by Gasteiger charge is 2.27. The predicted molar refractivity (Wildman–Crippen MR) is 76.8 cm³/mol. The summed E-state index contributed by atoms with van der Waals surface area (Å²) < 4.78 is 0. The summed E-state index contributed by atoms with van der Waals surface area (Å²) in [7, 11) is 0. The SMILES string of the molecule is CC(C)N1CCN(Cc2ccncc2)C[C@@H]1CCO. The molecule has 1 fully saturated rings. The zero-order chi connectivity index (χ0) is 13.7. The number of hydrogen-bond donors (Lipinski definition) is 1. The fraction of sp³-hybridized carbons (Fsp3) is 0.667. The van der Waals surface area contributed by atoms with E-state index >= 15 is 0 Å². The first kappa shape index (κ1) is 14.4. The Morgan fingerprint density at radius 1 is 1.32 bits per heavy atom. The van der Waals surface area contributed by atoms with Crippen LogP contribution in [-0.4, -0.2) is 58.2 Å². The molecule has 1 N–H and O–H groups in total. The van der Waals surface area contributed by atoms with E-state index in [-0.39, 0.29) is 6.61 Å². The molecule has 0 spiro atoms. The van der Waals surface area contributed by atoms with Crippen LogP contribution in [0.15, 0.2) is 24.5 Å². The van der Waals surface area contributed by atoms with Crippen molar-refractivity contribution in [2.75, 3.05) is 26.2 Å². The number of nitrogens with zero attached hydrogens (tertiary/aromatic N) is 3. The van der Waals surface area contributed by atoms with Gasteiger partial charge in [0.1, 0.15) is 0 Å². The summed E-state index contributed by atoms with van der Waals surface area (Å²) in [4.78, 5) is 9.05. The first-order chi connectivity index (χ1) is 9.20. The van der Waals surface area contributed by atoms with Crippen molar-refractivity contribution in [3.8, 4) is 0 Å². The van der Waals surface area contributed by atoms with Gasteiger partial charge in [-0.1, -0.05) is 0 Å². The van der Waals surface area contributed by atoms with Crippen LogP contribution in [0.4, 0.5) is 0 Å². The Hall–Kier alpha value is -0.970. The molecule has 0 aromatic carbocycles. The van der Waals surface area contributed by atoms with Gasteiger partial charge in [0.05, 0.1) is 0 Å². The lowest BCUT2D eigenvalue weighted by atomic mass is 10.1. The third-order valence-electron chi connectivity index (χ3n) is 3.89. The number of piperazine rings is 1. The Balaban J connectivity index is 1.94. The Kier molecular flexibility index (Phi) is 5.31. The molecule has 0 amide bonds. The molecule has 1 aliphatic rings. The molecular formula is C15H25N3O. The van der Waals surface area contributed by atoms with E-state index < -0.39 is 0 Å². The first-order valence-electron chi connectivity index (χ1n) is 7.18. The van der Waals surface area contributed by atoms with Crippen molar-refractivity contribution in [1.29, 1.82) is 0 Å². The maximum atomic E-state index is 9.24. The highest BCUT2D eigenvalue weighted by molar-refractivity contribution is 5.09. The van der Waals surface area contributed by atoms with Crippen LogP contribution in [0.1, 0.15) is 25.8 Å². The molecule has 0 saturated carbocycles. The van der Waals surface area contributed by atoms with Gasteiger partial charge in [0, 0.05) is 57.3 Å². The number of aromatic nitrogens is 1. The molecule has 1 saturated heterocycles. The molecule has 106 valence electrons. The second-order valence-corrected chi connectivity index (χ2v) is 5.59. The van der Waals surface area contributed by atoms with Gasteiger partial charge in [0.25, 0.3) is 0 Å². The molecule has 2 heterocycles. The molecule has 0 unspecified atom stereocenters. The number of rotatable bonds is 5. The number of aliphatic hydroxyl groups is 1. The van der Waals surface area contributed by atoms with Gasteiger partial charge in [0.2, 0.25) is 0 Å². The Morgan fingerprint density at radius 3 is 2.68 bits per heavy atom. The molecule has 0 bridgehead atoms. The van der Waals surface area contributed by atoms with Crippen molar-refractivity contribution < 1.29 is 5.11 Å². The van der Waals surface area contributed by atoms with Gasteiger partial charge in [-0.2, -0.15) is 0 Å². The lowest BCUT2D eigenvalue weighted by Crippen LogP contribution is -2.55. The first-order valence-corrected chi connectivity index (χ1v) is 7.18. The minimum Gasteiger partial charge on any atom is -0.396 e. The molecule has 1 aromatic rings. The van der Waals surface area contributed by atoms with Crippen LogP contribution >= 0.6 is 0 Å². The van der Waals surface area contributed by atoms with Crippen molar-refractivity contribution in [1.82, 2.24) is 14.8 Å². The standard InChI is InChI=1S/C15H25N3O/c1-13(2)18-9-8-17(12-15(18)5-10-19)11-14-3-6-16-7-4-14/h3-4,6-7,13,15,19H,5,8-12H2,1-2H3/t15-/m0/s1. The van der Waals surface area contributed by atoms with E-state index in [9.17, 15) is 5.11 Å². The van der Waals surface area contributed by atoms with Gasteiger partial charge in [0.15, 0.2) is 0 Å². The van der Waals surface area contributed by atoms with E-state index in [2.05, 4.69) is 40.8 Å². The second-order valence-electron chi connectivity index (χ2n) is 5.59. The van der Waals surface area contributed by atoms with E-state index in [1.165, 1.54) is 5.56 Å². The smallest absolute Gasteiger partial charge is 0.0446 e. The highest BCUT2D eigenvalue weighted by Crippen LogP contribution is 2.17. The minimum atomic E-state index is 0.275. The van der Waals surface area contributed by atoms with Crippen LogP contribution in [0.3, 0.4) is 0 Å². The lowest BCUT2D eigenvalue weighted by molar-refractivity contribution is 0.0349. The minimum absolute atomic E-state index is 0.275. The summed E-state index contributed by atoms with van der Waals surface area (Å²) in [5, 5.41) is 9.24. The van der Waals surface area contributed by atoms with Crippen LogP contribution < -0.4 is 0 Å². The maximum absolute atomic E-state index is 9.24. The Morgan fingerprint density at radius 2 is 2.05 bits per heavy atom. The number of hydrogen-bond acceptors (Lipinski definition) is 4. The van der Waals surface area contributed by atoms with Gasteiger partial charge < -0.3 is 5.11 Å². The van der Waals surface area contributed by atoms with Gasteiger partial charge in [-0.3, -0.25) is 14.8 Å². The highest BCUT2D eigenvalue weighted by atomic mass is 16.3. The molecule has 4 nitrogen and oxygen atoms in total. The van der Waals surface area contributed by atoms with E-state index in [0.29, 0.717) is 12.1 Å². The fourth-order valence-corrected chi connectivity index (χ4v) is 2.91. The van der Waals surface area contributed by atoms with Crippen LogP contribution in [0.2, 0.25) is 0 Å². The molecular weight excluding hydrogens is 238 g/mol. The molecule has 0 aliphatic carbocycles. The van der Waals surface area contributed by atoms with Crippen LogP contribution in [-0.2, 0) is 6.54 Å². The van der Waals surface area contributed by atoms with E-state index in [1.54, 1.807) is 0 Å². The zero-order valence-electron chi connectivity index (χ0n) is 12.0. The normalized spacial score (nSPS) is 22.0. The summed E-state index contributed by atoms with van der Waals surface area (Å²) in [6.45, 7) is 8.97. The van der Waals surface area contributed by atoms with E-state index in [1.807, 2.05) is 12.4 Å². The molecule has 1 aliphatic heterocycles. The third-order valence-corrected chi connectivity index (χ3v) is 3.89. The largest absolute Gasteiger partial charge is 0.396 e. The predicted octanol–water partition coefficient (Wildman–Crippen LogP) is 1.36. The average Bonchev–Trinajstić information content (AvgIpc) is 2.40. The lowest BCUT2D eigenvalue weighted by Gasteiger charge is -2.43. The van der Waals surface area contributed by atoms with Gasteiger partial charge in [-0.25, -0.2) is 0 Å². The number of pyridine rings is 1. The summed E-state index contributed by atoms with van der Waals surface area (Å²) in [5.41, 5.74) is 1.32. The van der Waals surface area contributed by atoms with Crippen molar-refractivity contribution >= 4 is 0 Å². The van der Waals surface area contributed by atoms with Crippen molar-refractivity contribution in [3.63, 3.8) is 0 Å². The summed E-state index contributed by atoms with van der Waals surface area (Å²) in [6, 6.07) is 5.19. The Bertz CT molecular complexity index is 369. The van der Waals surface area contributed by atoms with E-state index in [4.69, 9.17) is 0 Å². The van der Waals surface area contributed by atoms with E-state index in [0.717, 1.165) is 32.6 Å². The van der Waals surface area contributed by atoms with Crippen LogP contribution in [0.5, 0.6) is 0 Å². The van der Waals surface area contributed by atoms with Gasteiger partial charge in [-0.05, 0) is 38.0 Å². The topological polar surface area (TPSA) is 39.6 Å².